The first-order valence-corrected chi connectivity index (χ1v) is 11.2. The summed E-state index contributed by atoms with van der Waals surface area (Å²) in [5.41, 5.74) is 16.5. The van der Waals surface area contributed by atoms with Crippen LogP contribution in [-0.4, -0.2) is 39.5 Å². The molecule has 0 bridgehead atoms. The van der Waals surface area contributed by atoms with E-state index in [1.54, 1.807) is 17.0 Å². The predicted octanol–water partition coefficient (Wildman–Crippen LogP) is 2.85. The molecular weight excluding hydrogens is 428 g/mol. The molecular formula is C26H26N6O2. The summed E-state index contributed by atoms with van der Waals surface area (Å²) in [6, 6.07) is 20.1. The molecule has 1 aromatic heterocycles. The van der Waals surface area contributed by atoms with E-state index in [0.29, 0.717) is 43.0 Å². The van der Waals surface area contributed by atoms with E-state index in [0.717, 1.165) is 27.6 Å². The van der Waals surface area contributed by atoms with Crippen molar-refractivity contribution >= 4 is 34.2 Å². The number of amides is 2. The molecule has 172 valence electrons. The molecule has 0 unspecified atom stereocenters. The number of hydrogen-bond donors (Lipinski definition) is 4. The van der Waals surface area contributed by atoms with E-state index >= 15 is 0 Å². The van der Waals surface area contributed by atoms with Crippen LogP contribution in [0.2, 0.25) is 0 Å². The largest absolute Gasteiger partial charge is 0.382 e. The highest BCUT2D eigenvalue weighted by Crippen LogP contribution is 2.25. The van der Waals surface area contributed by atoms with Gasteiger partial charge in [-0.25, -0.2) is 0 Å². The Morgan fingerprint density at radius 2 is 1.91 bits per heavy atom. The quantitative estimate of drug-likeness (QED) is 0.356. The maximum Gasteiger partial charge on any atom is 0.254 e. The molecule has 2 amide bonds. The zero-order valence-electron chi connectivity index (χ0n) is 18.6. The monoisotopic (exact) mass is 454 g/mol. The summed E-state index contributed by atoms with van der Waals surface area (Å²) in [5.74, 6) is 0.0222. The Morgan fingerprint density at radius 1 is 1.09 bits per heavy atom. The summed E-state index contributed by atoms with van der Waals surface area (Å²) < 4.78 is 0. The number of nitrogen functional groups attached to an aromatic ring is 1. The average Bonchev–Trinajstić information content (AvgIpc) is 3.23. The van der Waals surface area contributed by atoms with Crippen molar-refractivity contribution in [2.45, 2.75) is 25.4 Å². The van der Waals surface area contributed by atoms with Crippen molar-refractivity contribution < 1.29 is 9.59 Å². The van der Waals surface area contributed by atoms with Crippen LogP contribution < -0.4 is 16.8 Å². The number of hydrogen-bond acceptors (Lipinski definition) is 5. The minimum absolute atomic E-state index is 0.141. The van der Waals surface area contributed by atoms with E-state index in [-0.39, 0.29) is 11.8 Å². The predicted molar refractivity (Wildman–Crippen MR) is 132 cm³/mol. The number of fused-ring (bicyclic) bond motifs is 2. The highest BCUT2D eigenvalue weighted by Gasteiger charge is 2.34. The zero-order chi connectivity index (χ0) is 23.7. The van der Waals surface area contributed by atoms with Crippen molar-refractivity contribution in [2.24, 2.45) is 5.73 Å². The van der Waals surface area contributed by atoms with Gasteiger partial charge in [0.1, 0.15) is 6.04 Å². The Kier molecular flexibility index (Phi) is 5.73. The fourth-order valence-electron chi connectivity index (χ4n) is 4.51. The van der Waals surface area contributed by atoms with Gasteiger partial charge in [0, 0.05) is 36.1 Å². The molecule has 8 nitrogen and oxygen atoms in total. The van der Waals surface area contributed by atoms with Crippen molar-refractivity contribution in [1.82, 2.24) is 15.1 Å². The van der Waals surface area contributed by atoms with Gasteiger partial charge in [0.05, 0.1) is 5.52 Å². The fraction of sp³-hybridized carbons (Fsp3) is 0.192. The normalized spacial score (nSPS) is 14.1. The van der Waals surface area contributed by atoms with Crippen LogP contribution >= 0.6 is 0 Å². The number of H-pyrrole nitrogens is 1. The van der Waals surface area contributed by atoms with Crippen LogP contribution in [0.4, 0.5) is 11.5 Å². The van der Waals surface area contributed by atoms with Gasteiger partial charge in [-0.1, -0.05) is 42.5 Å². The van der Waals surface area contributed by atoms with Crippen LogP contribution in [0.15, 0.2) is 66.7 Å². The molecule has 0 radical (unpaired) electrons. The van der Waals surface area contributed by atoms with E-state index in [1.165, 1.54) is 0 Å². The van der Waals surface area contributed by atoms with Crippen LogP contribution in [0.3, 0.4) is 0 Å². The summed E-state index contributed by atoms with van der Waals surface area (Å²) in [5, 5.41) is 10.6. The van der Waals surface area contributed by atoms with Gasteiger partial charge >= 0.3 is 0 Å². The Morgan fingerprint density at radius 3 is 2.71 bits per heavy atom. The lowest BCUT2D eigenvalue weighted by Crippen LogP contribution is -2.51. The Bertz CT molecular complexity index is 1360. The van der Waals surface area contributed by atoms with E-state index in [2.05, 4.69) is 15.5 Å². The molecule has 1 atom stereocenters. The second-order valence-corrected chi connectivity index (χ2v) is 8.51. The van der Waals surface area contributed by atoms with Gasteiger partial charge in [0.2, 0.25) is 5.91 Å². The van der Waals surface area contributed by atoms with Crippen molar-refractivity contribution in [3.05, 3.63) is 89.0 Å². The van der Waals surface area contributed by atoms with E-state index in [4.69, 9.17) is 11.5 Å². The van der Waals surface area contributed by atoms with Gasteiger partial charge < -0.3 is 21.7 Å². The number of carbonyl (C=O) groups excluding carboxylic acids is 2. The molecule has 5 rings (SSSR count). The number of nitrogens with zero attached hydrogens (tertiary/aromatic N) is 2. The zero-order valence-corrected chi connectivity index (χ0v) is 18.6. The van der Waals surface area contributed by atoms with Gasteiger partial charge in [-0.3, -0.25) is 14.7 Å². The van der Waals surface area contributed by atoms with Crippen LogP contribution in [0.1, 0.15) is 27.0 Å². The minimum Gasteiger partial charge on any atom is -0.382 e. The second kappa shape index (κ2) is 8.99. The molecule has 3 aromatic carbocycles. The van der Waals surface area contributed by atoms with Crippen LogP contribution in [-0.2, 0) is 24.2 Å². The molecule has 4 aromatic rings. The van der Waals surface area contributed by atoms with Crippen molar-refractivity contribution in [1.29, 1.82) is 0 Å². The molecule has 0 saturated heterocycles. The molecule has 0 aliphatic carbocycles. The van der Waals surface area contributed by atoms with Crippen molar-refractivity contribution in [3.63, 3.8) is 0 Å². The van der Waals surface area contributed by atoms with Gasteiger partial charge in [-0.05, 0) is 47.4 Å². The number of rotatable bonds is 6. The summed E-state index contributed by atoms with van der Waals surface area (Å²) in [6.07, 6.45) is 1.08. The number of aromatic nitrogens is 2. The highest BCUT2D eigenvalue weighted by molar-refractivity contribution is 6.03. The maximum absolute atomic E-state index is 13.5. The lowest BCUT2D eigenvalue weighted by molar-refractivity contribution is -0.120. The summed E-state index contributed by atoms with van der Waals surface area (Å²) >= 11 is 0. The third-order valence-electron chi connectivity index (χ3n) is 6.33. The number of benzene rings is 3. The second-order valence-electron chi connectivity index (χ2n) is 8.51. The number of aromatic amines is 1. The number of nitrogens with two attached hydrogens (primary N) is 2. The van der Waals surface area contributed by atoms with Crippen LogP contribution in [0, 0.1) is 0 Å². The van der Waals surface area contributed by atoms with E-state index in [1.807, 2.05) is 54.6 Å². The Balaban J connectivity index is 1.44. The van der Waals surface area contributed by atoms with Gasteiger partial charge in [0.15, 0.2) is 5.82 Å². The molecule has 8 heteroatoms. The van der Waals surface area contributed by atoms with Gasteiger partial charge in [-0.2, -0.15) is 5.10 Å². The first kappa shape index (κ1) is 21.7. The van der Waals surface area contributed by atoms with Gasteiger partial charge in [0.25, 0.3) is 5.91 Å². The van der Waals surface area contributed by atoms with E-state index in [9.17, 15) is 9.59 Å². The molecule has 0 saturated carbocycles. The molecule has 6 N–H and O–H groups in total. The molecule has 0 spiro atoms. The van der Waals surface area contributed by atoms with Crippen LogP contribution in [0.25, 0.3) is 10.9 Å². The minimum atomic E-state index is -0.667. The summed E-state index contributed by atoms with van der Waals surface area (Å²) in [6.45, 7) is 0.886. The van der Waals surface area contributed by atoms with E-state index < -0.39 is 6.04 Å². The van der Waals surface area contributed by atoms with Crippen LogP contribution in [0.5, 0.6) is 0 Å². The topological polar surface area (TPSA) is 130 Å². The first-order chi connectivity index (χ1) is 16.5. The van der Waals surface area contributed by atoms with Crippen molar-refractivity contribution in [2.75, 3.05) is 17.6 Å². The molecule has 34 heavy (non-hydrogen) atoms. The lowest BCUT2D eigenvalue weighted by Gasteiger charge is -2.35. The Labute approximate surface area is 196 Å². The molecule has 0 fully saturated rings. The molecule has 2 heterocycles. The summed E-state index contributed by atoms with van der Waals surface area (Å²) in [7, 11) is 0. The maximum atomic E-state index is 13.5. The first-order valence-electron chi connectivity index (χ1n) is 11.2. The SMILES string of the molecule is NCc1ccc2c(c1)CCN([C@@H](Cc1ccccc1)C(=O)Nc1ccc3c(N)n[nH]c3c1)C2=O. The molecule has 1 aliphatic rings. The number of nitrogens with one attached hydrogen (secondary N) is 2. The Hall–Kier alpha value is -4.17. The van der Waals surface area contributed by atoms with Gasteiger partial charge in [-0.15, -0.1) is 0 Å². The third-order valence-corrected chi connectivity index (χ3v) is 6.33. The number of anilines is 2. The smallest absolute Gasteiger partial charge is 0.254 e. The number of carbonyl (C=O) groups is 2. The fourth-order valence-corrected chi connectivity index (χ4v) is 4.51. The standard InChI is InChI=1S/C26H26N6O2/c27-15-17-6-8-20-18(12-17)10-11-32(26(20)34)23(13-16-4-2-1-3-5-16)25(33)29-19-7-9-21-22(14-19)30-31-24(21)28/h1-9,12,14,23H,10-11,13,15,27H2,(H,29,33)(H3,28,30,31)/t23-/m0/s1. The lowest BCUT2D eigenvalue weighted by atomic mass is 9.94. The average molecular weight is 455 g/mol. The molecule has 1 aliphatic heterocycles. The third kappa shape index (κ3) is 4.11. The summed E-state index contributed by atoms with van der Waals surface area (Å²) in [4.78, 5) is 28.7. The van der Waals surface area contributed by atoms with Crippen molar-refractivity contribution in [3.8, 4) is 0 Å². The highest BCUT2D eigenvalue weighted by atomic mass is 16.2.